The Morgan fingerprint density at radius 3 is 2.56 bits per heavy atom. The number of rotatable bonds is 5. The molecule has 3 N–H and O–H groups in total. The Hall–Kier alpha value is -0.280. The molecule has 0 aromatic heterocycles. The van der Waals surface area contributed by atoms with E-state index < -0.39 is 0 Å². The minimum Gasteiger partial charge on any atom is -0.329 e. The van der Waals surface area contributed by atoms with Gasteiger partial charge in [0.05, 0.1) is 10.0 Å². The highest BCUT2D eigenvalue weighted by atomic mass is 35.5. The van der Waals surface area contributed by atoms with E-state index in [1.165, 1.54) is 0 Å². The normalized spacial score (nSPS) is 13.1. The monoisotopic (exact) mass is 260 g/mol. The zero-order valence-electron chi connectivity index (χ0n) is 9.63. The number of hydrogen-bond donors (Lipinski definition) is 2. The van der Waals surface area contributed by atoms with E-state index in [0.717, 1.165) is 12.1 Å². The molecule has 1 unspecified atom stereocenters. The van der Waals surface area contributed by atoms with Crippen molar-refractivity contribution in [3.8, 4) is 0 Å². The maximum Gasteiger partial charge on any atom is 0.0640 e. The Kier molecular flexibility index (Phi) is 5.56. The van der Waals surface area contributed by atoms with Gasteiger partial charge < -0.3 is 11.1 Å². The van der Waals surface area contributed by atoms with E-state index in [1.807, 2.05) is 12.1 Å². The number of benzene rings is 1. The van der Waals surface area contributed by atoms with Crippen LogP contribution in [0.2, 0.25) is 10.0 Å². The van der Waals surface area contributed by atoms with Crippen molar-refractivity contribution in [3.63, 3.8) is 0 Å². The summed E-state index contributed by atoms with van der Waals surface area (Å²) in [5.74, 6) is 0.576. The second-order valence-electron chi connectivity index (χ2n) is 4.23. The van der Waals surface area contributed by atoms with E-state index in [1.54, 1.807) is 6.07 Å². The Balaban J connectivity index is 2.82. The molecule has 0 spiro atoms. The molecular formula is C12H18Cl2N2. The van der Waals surface area contributed by atoms with Crippen LogP contribution in [-0.2, 0) is 0 Å². The molecule has 1 aromatic rings. The topological polar surface area (TPSA) is 38.0 Å². The summed E-state index contributed by atoms with van der Waals surface area (Å²) < 4.78 is 0. The van der Waals surface area contributed by atoms with Gasteiger partial charge in [-0.2, -0.15) is 0 Å². The van der Waals surface area contributed by atoms with Gasteiger partial charge in [0, 0.05) is 12.6 Å². The molecule has 0 radical (unpaired) electrons. The van der Waals surface area contributed by atoms with Crippen molar-refractivity contribution in [3.05, 3.63) is 33.8 Å². The lowest BCUT2D eigenvalue weighted by atomic mass is 10.1. The minimum atomic E-state index is 0.0635. The largest absolute Gasteiger partial charge is 0.329 e. The van der Waals surface area contributed by atoms with Gasteiger partial charge in [-0.15, -0.1) is 0 Å². The van der Waals surface area contributed by atoms with Gasteiger partial charge in [-0.3, -0.25) is 0 Å². The molecule has 0 fully saturated rings. The summed E-state index contributed by atoms with van der Waals surface area (Å²) in [6.45, 7) is 5.72. The lowest BCUT2D eigenvalue weighted by Gasteiger charge is -2.20. The van der Waals surface area contributed by atoms with Crippen molar-refractivity contribution in [2.45, 2.75) is 19.9 Å². The Labute approximate surface area is 107 Å². The van der Waals surface area contributed by atoms with Crippen LogP contribution in [0.4, 0.5) is 0 Å². The van der Waals surface area contributed by atoms with Crippen molar-refractivity contribution in [1.29, 1.82) is 0 Å². The number of nitrogens with two attached hydrogens (primary N) is 1. The van der Waals surface area contributed by atoms with Gasteiger partial charge in [-0.05, 0) is 24.1 Å². The highest BCUT2D eigenvalue weighted by Crippen LogP contribution is 2.29. The fourth-order valence-electron chi connectivity index (χ4n) is 1.49. The predicted octanol–water partition coefficient (Wildman–Crippen LogP) is 3.24. The van der Waals surface area contributed by atoms with E-state index in [2.05, 4.69) is 19.2 Å². The lowest BCUT2D eigenvalue weighted by molar-refractivity contribution is 0.479. The van der Waals surface area contributed by atoms with Crippen LogP contribution >= 0.6 is 23.2 Å². The first-order valence-corrected chi connectivity index (χ1v) is 6.19. The summed E-state index contributed by atoms with van der Waals surface area (Å²) in [5, 5.41) is 4.55. The zero-order chi connectivity index (χ0) is 12.1. The van der Waals surface area contributed by atoms with Gasteiger partial charge in [0.25, 0.3) is 0 Å². The molecule has 0 amide bonds. The molecule has 90 valence electrons. The third kappa shape index (κ3) is 3.63. The molecule has 1 rings (SSSR count). The molecule has 0 aliphatic heterocycles. The van der Waals surface area contributed by atoms with Crippen LogP contribution in [0.25, 0.3) is 0 Å². The molecule has 16 heavy (non-hydrogen) atoms. The van der Waals surface area contributed by atoms with Crippen LogP contribution in [0, 0.1) is 5.92 Å². The molecule has 2 nitrogen and oxygen atoms in total. The fourth-order valence-corrected chi connectivity index (χ4v) is 1.93. The average Bonchev–Trinajstić information content (AvgIpc) is 2.24. The van der Waals surface area contributed by atoms with Crippen LogP contribution in [0.15, 0.2) is 18.2 Å². The fraction of sp³-hybridized carbons (Fsp3) is 0.500. The van der Waals surface area contributed by atoms with Crippen LogP contribution in [-0.4, -0.2) is 13.1 Å². The minimum absolute atomic E-state index is 0.0635. The van der Waals surface area contributed by atoms with Crippen molar-refractivity contribution in [2.75, 3.05) is 13.1 Å². The molecule has 1 atom stereocenters. The van der Waals surface area contributed by atoms with Crippen molar-refractivity contribution >= 4 is 23.2 Å². The Bertz CT molecular complexity index is 340. The maximum absolute atomic E-state index is 6.15. The molecular weight excluding hydrogens is 243 g/mol. The summed E-state index contributed by atoms with van der Waals surface area (Å²) in [4.78, 5) is 0. The van der Waals surface area contributed by atoms with Gasteiger partial charge in [-0.25, -0.2) is 0 Å². The molecule has 0 bridgehead atoms. The number of nitrogens with one attached hydrogen (secondary N) is 1. The summed E-state index contributed by atoms with van der Waals surface area (Å²) in [6.07, 6.45) is 0. The SMILES string of the molecule is CC(C)CNC(CN)c1cccc(Cl)c1Cl. The first-order valence-electron chi connectivity index (χ1n) is 5.43. The quantitative estimate of drug-likeness (QED) is 0.853. The van der Waals surface area contributed by atoms with Gasteiger partial charge >= 0.3 is 0 Å². The van der Waals surface area contributed by atoms with Crippen LogP contribution in [0.5, 0.6) is 0 Å². The van der Waals surface area contributed by atoms with E-state index in [0.29, 0.717) is 22.5 Å². The lowest BCUT2D eigenvalue weighted by Crippen LogP contribution is -2.31. The zero-order valence-corrected chi connectivity index (χ0v) is 11.1. The molecule has 0 saturated carbocycles. The Morgan fingerprint density at radius 1 is 1.31 bits per heavy atom. The van der Waals surface area contributed by atoms with E-state index in [4.69, 9.17) is 28.9 Å². The summed E-state index contributed by atoms with van der Waals surface area (Å²) in [7, 11) is 0. The molecule has 0 heterocycles. The second-order valence-corrected chi connectivity index (χ2v) is 5.02. The van der Waals surface area contributed by atoms with E-state index in [-0.39, 0.29) is 6.04 Å². The molecule has 1 aromatic carbocycles. The third-order valence-electron chi connectivity index (χ3n) is 2.37. The first kappa shape index (κ1) is 13.8. The summed E-state index contributed by atoms with van der Waals surface area (Å²) >= 11 is 12.1. The predicted molar refractivity (Wildman–Crippen MR) is 71.1 cm³/mol. The molecule has 4 heteroatoms. The molecule has 0 aliphatic rings. The van der Waals surface area contributed by atoms with Crippen molar-refractivity contribution in [1.82, 2.24) is 5.32 Å². The second kappa shape index (κ2) is 6.45. The summed E-state index contributed by atoms with van der Waals surface area (Å²) in [6, 6.07) is 5.69. The Morgan fingerprint density at radius 2 is 2.00 bits per heavy atom. The van der Waals surface area contributed by atoms with E-state index in [9.17, 15) is 0 Å². The van der Waals surface area contributed by atoms with Crippen molar-refractivity contribution in [2.24, 2.45) is 11.7 Å². The van der Waals surface area contributed by atoms with Crippen LogP contribution < -0.4 is 11.1 Å². The van der Waals surface area contributed by atoms with E-state index >= 15 is 0 Å². The maximum atomic E-state index is 6.15. The third-order valence-corrected chi connectivity index (χ3v) is 3.20. The van der Waals surface area contributed by atoms with Gasteiger partial charge in [0.15, 0.2) is 0 Å². The van der Waals surface area contributed by atoms with Crippen LogP contribution in [0.1, 0.15) is 25.5 Å². The van der Waals surface area contributed by atoms with Gasteiger partial charge in [-0.1, -0.05) is 49.2 Å². The number of halogens is 2. The van der Waals surface area contributed by atoms with Gasteiger partial charge in [0.1, 0.15) is 0 Å². The highest BCUT2D eigenvalue weighted by molar-refractivity contribution is 6.42. The molecule has 0 aliphatic carbocycles. The average molecular weight is 261 g/mol. The standard InChI is InChI=1S/C12H18Cl2N2/c1-8(2)7-16-11(6-15)9-4-3-5-10(13)12(9)14/h3-5,8,11,16H,6-7,15H2,1-2H3. The number of hydrogen-bond acceptors (Lipinski definition) is 2. The van der Waals surface area contributed by atoms with Crippen molar-refractivity contribution < 1.29 is 0 Å². The molecule has 0 saturated heterocycles. The van der Waals surface area contributed by atoms with Gasteiger partial charge in [0.2, 0.25) is 0 Å². The highest BCUT2D eigenvalue weighted by Gasteiger charge is 2.14. The first-order chi connectivity index (χ1) is 7.56. The summed E-state index contributed by atoms with van der Waals surface area (Å²) in [5.41, 5.74) is 6.72. The van der Waals surface area contributed by atoms with Crippen LogP contribution in [0.3, 0.4) is 0 Å². The smallest absolute Gasteiger partial charge is 0.0640 e.